The fourth-order valence-corrected chi connectivity index (χ4v) is 4.34. The van der Waals surface area contributed by atoms with Gasteiger partial charge in [-0.25, -0.2) is 4.79 Å². The molecule has 7 nitrogen and oxygen atoms in total. The highest BCUT2D eigenvalue weighted by Crippen LogP contribution is 2.38. The van der Waals surface area contributed by atoms with Crippen LogP contribution in [0.2, 0.25) is 0 Å². The number of methoxy groups -OCH3 is 2. The Kier molecular flexibility index (Phi) is 5.53. The molecule has 4 rings (SSSR count). The molecular formula is C23H27N3O4. The molecule has 0 aliphatic carbocycles. The van der Waals surface area contributed by atoms with E-state index in [1.54, 1.807) is 19.1 Å². The number of amides is 3. The van der Waals surface area contributed by atoms with E-state index in [1.807, 2.05) is 54.3 Å². The summed E-state index contributed by atoms with van der Waals surface area (Å²) in [7, 11) is 3.23. The molecule has 2 aliphatic heterocycles. The number of benzene rings is 2. The van der Waals surface area contributed by atoms with Crippen LogP contribution in [0, 0.1) is 0 Å². The van der Waals surface area contributed by atoms with Crippen molar-refractivity contribution in [2.24, 2.45) is 0 Å². The Morgan fingerprint density at radius 1 is 1.10 bits per heavy atom. The number of carbonyl (C=O) groups is 2. The van der Waals surface area contributed by atoms with Crippen molar-refractivity contribution in [2.75, 3.05) is 32.2 Å². The molecule has 0 spiro atoms. The van der Waals surface area contributed by atoms with Crippen LogP contribution in [0.3, 0.4) is 0 Å². The third kappa shape index (κ3) is 3.67. The summed E-state index contributed by atoms with van der Waals surface area (Å²) < 4.78 is 10.8. The van der Waals surface area contributed by atoms with Crippen molar-refractivity contribution in [3.05, 3.63) is 53.6 Å². The molecule has 1 N–H and O–H groups in total. The zero-order chi connectivity index (χ0) is 21.3. The fourth-order valence-electron chi connectivity index (χ4n) is 4.34. The van der Waals surface area contributed by atoms with E-state index in [1.165, 1.54) is 0 Å². The molecule has 2 heterocycles. The lowest BCUT2D eigenvalue weighted by atomic mass is 9.93. The number of carbonyl (C=O) groups excluding carboxylic acids is 2. The maximum Gasteiger partial charge on any atom is 0.318 e. The molecule has 158 valence electrons. The first kappa shape index (κ1) is 20.1. The van der Waals surface area contributed by atoms with Crippen LogP contribution in [0.4, 0.5) is 10.5 Å². The van der Waals surface area contributed by atoms with Crippen LogP contribution >= 0.6 is 0 Å². The van der Waals surface area contributed by atoms with Gasteiger partial charge in [0.15, 0.2) is 11.5 Å². The highest BCUT2D eigenvalue weighted by atomic mass is 16.5. The second-order valence-corrected chi connectivity index (χ2v) is 7.72. The number of urea groups is 1. The van der Waals surface area contributed by atoms with Gasteiger partial charge in [0.1, 0.15) is 0 Å². The topological polar surface area (TPSA) is 71.1 Å². The summed E-state index contributed by atoms with van der Waals surface area (Å²) in [6.45, 7) is 3.11. The second kappa shape index (κ2) is 8.26. The van der Waals surface area contributed by atoms with Gasteiger partial charge in [-0.3, -0.25) is 4.79 Å². The third-order valence-corrected chi connectivity index (χ3v) is 5.97. The van der Waals surface area contributed by atoms with E-state index in [4.69, 9.17) is 9.47 Å². The van der Waals surface area contributed by atoms with Gasteiger partial charge in [-0.15, -0.1) is 0 Å². The Morgan fingerprint density at radius 2 is 1.80 bits per heavy atom. The maximum absolute atomic E-state index is 13.0. The summed E-state index contributed by atoms with van der Waals surface area (Å²) in [5.41, 5.74) is 3.08. The van der Waals surface area contributed by atoms with Gasteiger partial charge < -0.3 is 24.6 Å². The normalized spacial score (nSPS) is 20.7. The molecule has 0 radical (unpaired) electrons. The molecule has 2 aromatic rings. The average Bonchev–Trinajstić information content (AvgIpc) is 3.13. The average molecular weight is 409 g/mol. The van der Waals surface area contributed by atoms with Gasteiger partial charge >= 0.3 is 6.03 Å². The number of anilines is 1. The Hall–Kier alpha value is -3.22. The first-order valence-electron chi connectivity index (χ1n) is 10.2. The number of rotatable bonds is 4. The van der Waals surface area contributed by atoms with E-state index in [0.717, 1.165) is 23.2 Å². The number of para-hydroxylation sites is 1. The quantitative estimate of drug-likeness (QED) is 0.842. The highest BCUT2D eigenvalue weighted by molar-refractivity contribution is 5.96. The smallest absolute Gasteiger partial charge is 0.318 e. The van der Waals surface area contributed by atoms with Gasteiger partial charge in [-0.05, 0) is 48.7 Å². The summed E-state index contributed by atoms with van der Waals surface area (Å²) in [5, 5.41) is 3.06. The van der Waals surface area contributed by atoms with Gasteiger partial charge in [-0.1, -0.05) is 18.2 Å². The van der Waals surface area contributed by atoms with E-state index < -0.39 is 0 Å². The van der Waals surface area contributed by atoms with Crippen molar-refractivity contribution in [3.8, 4) is 11.5 Å². The highest BCUT2D eigenvalue weighted by Gasteiger charge is 2.35. The van der Waals surface area contributed by atoms with Crippen molar-refractivity contribution in [2.45, 2.75) is 31.8 Å². The number of hydrogen-bond acceptors (Lipinski definition) is 4. The summed E-state index contributed by atoms with van der Waals surface area (Å²) >= 11 is 0. The molecular weight excluding hydrogens is 382 g/mol. The Labute approximate surface area is 176 Å². The predicted octanol–water partition coefficient (Wildman–Crippen LogP) is 3.14. The van der Waals surface area contributed by atoms with Crippen molar-refractivity contribution in [1.29, 1.82) is 0 Å². The number of hydrogen-bond donors (Lipinski definition) is 1. The summed E-state index contributed by atoms with van der Waals surface area (Å²) in [4.78, 5) is 29.0. The van der Waals surface area contributed by atoms with E-state index in [9.17, 15) is 9.59 Å². The number of nitrogens with zero attached hydrogens (tertiary/aromatic N) is 2. The minimum Gasteiger partial charge on any atom is -0.493 e. The Bertz CT molecular complexity index is 947. The van der Waals surface area contributed by atoms with Crippen LogP contribution < -0.4 is 19.7 Å². The van der Waals surface area contributed by atoms with Crippen molar-refractivity contribution in [1.82, 2.24) is 10.2 Å². The maximum atomic E-state index is 13.0. The third-order valence-electron chi connectivity index (χ3n) is 5.97. The summed E-state index contributed by atoms with van der Waals surface area (Å²) in [6, 6.07) is 13.1. The van der Waals surface area contributed by atoms with Gasteiger partial charge in [-0.2, -0.15) is 0 Å². The van der Waals surface area contributed by atoms with Crippen LogP contribution in [0.15, 0.2) is 42.5 Å². The fraction of sp³-hybridized carbons (Fsp3) is 0.391. The number of fused-ring (bicyclic) bond motifs is 1. The van der Waals surface area contributed by atoms with E-state index >= 15 is 0 Å². The molecule has 2 aromatic carbocycles. The Balaban J connectivity index is 1.45. The van der Waals surface area contributed by atoms with Crippen LogP contribution in [0.1, 0.15) is 30.5 Å². The molecule has 0 bridgehead atoms. The zero-order valence-electron chi connectivity index (χ0n) is 17.6. The number of nitrogens with one attached hydrogen (secondary N) is 1. The van der Waals surface area contributed by atoms with Crippen LogP contribution in [-0.4, -0.2) is 50.2 Å². The lowest BCUT2D eigenvalue weighted by Crippen LogP contribution is -2.48. The SMILES string of the molecule is COc1cc2c(cc1OC)C(C)N(C(=O)NC1CC(=O)N(c3ccccc3)C1)CC2. The number of ether oxygens (including phenoxy) is 2. The summed E-state index contributed by atoms with van der Waals surface area (Å²) in [6.07, 6.45) is 1.05. The van der Waals surface area contributed by atoms with Crippen molar-refractivity contribution < 1.29 is 19.1 Å². The minimum absolute atomic E-state index is 0.0281. The zero-order valence-corrected chi connectivity index (χ0v) is 17.6. The Morgan fingerprint density at radius 3 is 2.50 bits per heavy atom. The minimum atomic E-state index is -0.204. The van der Waals surface area contributed by atoms with Gasteiger partial charge in [0, 0.05) is 25.2 Å². The van der Waals surface area contributed by atoms with Gasteiger partial charge in [0.2, 0.25) is 5.91 Å². The monoisotopic (exact) mass is 409 g/mol. The van der Waals surface area contributed by atoms with Crippen molar-refractivity contribution >= 4 is 17.6 Å². The lowest BCUT2D eigenvalue weighted by molar-refractivity contribution is -0.117. The van der Waals surface area contributed by atoms with E-state index in [2.05, 4.69) is 5.32 Å². The van der Waals surface area contributed by atoms with E-state index in [-0.39, 0.29) is 24.0 Å². The molecule has 1 saturated heterocycles. The molecule has 0 aromatic heterocycles. The van der Waals surface area contributed by atoms with E-state index in [0.29, 0.717) is 31.0 Å². The molecule has 3 amide bonds. The van der Waals surface area contributed by atoms with Crippen LogP contribution in [0.25, 0.3) is 0 Å². The van der Waals surface area contributed by atoms with Crippen molar-refractivity contribution in [3.63, 3.8) is 0 Å². The molecule has 2 atom stereocenters. The van der Waals surface area contributed by atoms with Crippen LogP contribution in [-0.2, 0) is 11.2 Å². The van der Waals surface area contributed by atoms with Crippen LogP contribution in [0.5, 0.6) is 11.5 Å². The first-order chi connectivity index (χ1) is 14.5. The standard InChI is InChI=1S/C23H27N3O4/c1-15-19-13-21(30-3)20(29-2)11-16(19)9-10-25(15)23(28)24-17-12-22(27)26(14-17)18-7-5-4-6-8-18/h4-8,11,13,15,17H,9-10,12,14H2,1-3H3,(H,24,28). The summed E-state index contributed by atoms with van der Waals surface area (Å²) in [5.74, 6) is 1.39. The molecule has 2 aliphatic rings. The molecule has 2 unspecified atom stereocenters. The first-order valence-corrected chi connectivity index (χ1v) is 10.2. The molecule has 1 fully saturated rings. The molecule has 30 heavy (non-hydrogen) atoms. The van der Waals surface area contributed by atoms with Gasteiger partial charge in [0.05, 0.1) is 26.3 Å². The largest absolute Gasteiger partial charge is 0.493 e. The second-order valence-electron chi connectivity index (χ2n) is 7.72. The predicted molar refractivity (Wildman–Crippen MR) is 114 cm³/mol. The molecule has 7 heteroatoms. The molecule has 0 saturated carbocycles. The van der Waals surface area contributed by atoms with Gasteiger partial charge in [0.25, 0.3) is 0 Å². The lowest BCUT2D eigenvalue weighted by Gasteiger charge is -2.36.